The van der Waals surface area contributed by atoms with Gasteiger partial charge in [0.25, 0.3) is 0 Å². The van der Waals surface area contributed by atoms with Crippen LogP contribution in [0.1, 0.15) is 13.8 Å². The molecule has 0 aliphatic carbocycles. The molecule has 0 amide bonds. The lowest BCUT2D eigenvalue weighted by atomic mass is 10.3. The summed E-state index contributed by atoms with van der Waals surface area (Å²) in [5, 5.41) is 0.578. The zero-order chi connectivity index (χ0) is 22.2. The molecule has 0 bridgehead atoms. The summed E-state index contributed by atoms with van der Waals surface area (Å²) in [6.07, 6.45) is 0.634. The number of hydrogen-bond acceptors (Lipinski definition) is 8. The third kappa shape index (κ3) is 6.56. The number of esters is 1. The molecule has 0 spiro atoms. The van der Waals surface area contributed by atoms with Crippen molar-refractivity contribution in [2.45, 2.75) is 20.0 Å². The molecule has 1 heterocycles. The fraction of sp³-hybridized carbons (Fsp3) is 0.227. The van der Waals surface area contributed by atoms with Crippen LogP contribution in [0.15, 0.2) is 60.9 Å². The van der Waals surface area contributed by atoms with Crippen LogP contribution in [-0.2, 0) is 14.4 Å². The Labute approximate surface area is 184 Å². The monoisotopic (exact) mass is 443 g/mol. The number of carbonyl (C=O) groups excluding carboxylic acids is 1. The molecule has 162 valence electrons. The summed E-state index contributed by atoms with van der Waals surface area (Å²) in [6.45, 7) is 7.22. The smallest absolute Gasteiger partial charge is 0.347 e. The Bertz CT molecular complexity index is 1080. The number of hydrogen-bond donors (Lipinski definition) is 1. The second-order valence-electron chi connectivity index (χ2n) is 6.55. The van der Waals surface area contributed by atoms with E-state index in [1.807, 2.05) is 0 Å². The van der Waals surface area contributed by atoms with Gasteiger partial charge in [0.1, 0.15) is 13.2 Å². The highest BCUT2D eigenvalue weighted by atomic mass is 35.5. The van der Waals surface area contributed by atoms with Crippen molar-refractivity contribution in [3.8, 4) is 17.4 Å². The number of fused-ring (bicyclic) bond motifs is 1. The Balaban J connectivity index is 1.61. The first-order valence-electron chi connectivity index (χ1n) is 9.48. The van der Waals surface area contributed by atoms with Crippen LogP contribution in [0.3, 0.4) is 0 Å². The SMILES string of the molecule is C=C(C)NOCCOC(=O)C(C)Oc1ccccc1Oc1cnc2cc(Cl)ccc2n1. The van der Waals surface area contributed by atoms with Gasteiger partial charge in [0.2, 0.25) is 5.88 Å². The zero-order valence-corrected chi connectivity index (χ0v) is 17.9. The van der Waals surface area contributed by atoms with Crippen molar-refractivity contribution in [1.82, 2.24) is 15.4 Å². The number of hydroxylamine groups is 1. The summed E-state index contributed by atoms with van der Waals surface area (Å²) < 4.78 is 16.7. The Morgan fingerprint density at radius 3 is 2.71 bits per heavy atom. The lowest BCUT2D eigenvalue weighted by Crippen LogP contribution is -2.28. The van der Waals surface area contributed by atoms with Crippen molar-refractivity contribution < 1.29 is 23.8 Å². The number of rotatable bonds is 10. The van der Waals surface area contributed by atoms with Gasteiger partial charge in [0, 0.05) is 10.7 Å². The van der Waals surface area contributed by atoms with Crippen LogP contribution < -0.4 is 15.0 Å². The Kier molecular flexibility index (Phi) is 7.64. The number of allylic oxidation sites excluding steroid dienone is 1. The van der Waals surface area contributed by atoms with Gasteiger partial charge in [-0.1, -0.05) is 30.3 Å². The molecule has 9 heteroatoms. The predicted molar refractivity (Wildman–Crippen MR) is 116 cm³/mol. The lowest BCUT2D eigenvalue weighted by Gasteiger charge is -2.16. The molecule has 1 aromatic heterocycles. The van der Waals surface area contributed by atoms with E-state index in [0.717, 1.165) is 0 Å². The van der Waals surface area contributed by atoms with E-state index >= 15 is 0 Å². The quantitative estimate of drug-likeness (QED) is 0.279. The van der Waals surface area contributed by atoms with Crippen molar-refractivity contribution in [2.24, 2.45) is 0 Å². The average molecular weight is 444 g/mol. The zero-order valence-electron chi connectivity index (χ0n) is 17.1. The van der Waals surface area contributed by atoms with Gasteiger partial charge in [-0.3, -0.25) is 10.3 Å². The molecule has 8 nitrogen and oxygen atoms in total. The number of nitrogens with zero attached hydrogens (tertiary/aromatic N) is 2. The summed E-state index contributed by atoms with van der Waals surface area (Å²) in [5.41, 5.74) is 4.53. The maximum absolute atomic E-state index is 12.2. The van der Waals surface area contributed by atoms with Crippen LogP contribution in [0.5, 0.6) is 17.4 Å². The van der Waals surface area contributed by atoms with Crippen molar-refractivity contribution in [3.63, 3.8) is 0 Å². The van der Waals surface area contributed by atoms with E-state index in [1.165, 1.54) is 6.20 Å². The highest BCUT2D eigenvalue weighted by Gasteiger charge is 2.19. The summed E-state index contributed by atoms with van der Waals surface area (Å²) >= 11 is 5.98. The van der Waals surface area contributed by atoms with E-state index in [2.05, 4.69) is 22.0 Å². The molecule has 2 aromatic carbocycles. The maximum atomic E-state index is 12.2. The van der Waals surface area contributed by atoms with Gasteiger partial charge < -0.3 is 14.2 Å². The topological polar surface area (TPSA) is 91.8 Å². The maximum Gasteiger partial charge on any atom is 0.347 e. The molecule has 0 radical (unpaired) electrons. The molecule has 1 atom stereocenters. The fourth-order valence-corrected chi connectivity index (χ4v) is 2.64. The molecule has 3 aromatic rings. The van der Waals surface area contributed by atoms with Crippen molar-refractivity contribution in [2.75, 3.05) is 13.2 Å². The number of aromatic nitrogens is 2. The van der Waals surface area contributed by atoms with Gasteiger partial charge in [-0.2, -0.15) is 0 Å². The minimum Gasteiger partial charge on any atom is -0.475 e. The van der Waals surface area contributed by atoms with Crippen molar-refractivity contribution >= 4 is 28.6 Å². The Hall–Kier alpha value is -3.36. The largest absolute Gasteiger partial charge is 0.475 e. The standard InChI is InChI=1S/C22H22ClN3O5/c1-14(2)26-29-11-10-28-22(27)15(3)30-19-6-4-5-7-20(19)31-21-13-24-18-12-16(23)8-9-17(18)25-21/h4-9,12-13,15,26H,1,10-11H2,2-3H3. The normalized spacial score (nSPS) is 11.6. The van der Waals surface area contributed by atoms with Crippen LogP contribution in [0.2, 0.25) is 5.02 Å². The molecular weight excluding hydrogens is 422 g/mol. The van der Waals surface area contributed by atoms with Crippen LogP contribution in [-0.4, -0.2) is 35.3 Å². The van der Waals surface area contributed by atoms with E-state index in [9.17, 15) is 4.79 Å². The molecular formula is C22H22ClN3O5. The summed E-state index contributed by atoms with van der Waals surface area (Å²) in [7, 11) is 0. The van der Waals surface area contributed by atoms with Crippen molar-refractivity contribution in [1.29, 1.82) is 0 Å². The van der Waals surface area contributed by atoms with E-state index in [0.29, 0.717) is 33.3 Å². The highest BCUT2D eigenvalue weighted by Crippen LogP contribution is 2.31. The molecule has 1 N–H and O–H groups in total. The molecule has 31 heavy (non-hydrogen) atoms. The van der Waals surface area contributed by atoms with E-state index in [4.69, 9.17) is 30.6 Å². The third-order valence-electron chi connectivity index (χ3n) is 3.86. The molecule has 0 saturated heterocycles. The van der Waals surface area contributed by atoms with Gasteiger partial charge in [0.05, 0.1) is 17.2 Å². The van der Waals surface area contributed by atoms with Gasteiger partial charge in [-0.15, -0.1) is 0 Å². The third-order valence-corrected chi connectivity index (χ3v) is 4.09. The minimum atomic E-state index is -0.858. The number of carbonyl (C=O) groups is 1. The van der Waals surface area contributed by atoms with Crippen LogP contribution in [0.25, 0.3) is 11.0 Å². The van der Waals surface area contributed by atoms with Gasteiger partial charge >= 0.3 is 5.97 Å². The molecule has 3 rings (SSSR count). The van der Waals surface area contributed by atoms with E-state index in [1.54, 1.807) is 56.3 Å². The summed E-state index contributed by atoms with van der Waals surface area (Å²) in [6, 6.07) is 12.2. The van der Waals surface area contributed by atoms with Crippen LogP contribution >= 0.6 is 11.6 Å². The van der Waals surface area contributed by atoms with Crippen LogP contribution in [0.4, 0.5) is 0 Å². The minimum absolute atomic E-state index is 0.0711. The lowest BCUT2D eigenvalue weighted by molar-refractivity contribution is -0.153. The molecule has 1 unspecified atom stereocenters. The second kappa shape index (κ2) is 10.6. The summed E-state index contributed by atoms with van der Waals surface area (Å²) in [4.78, 5) is 26.0. The van der Waals surface area contributed by atoms with Crippen LogP contribution in [0, 0.1) is 0 Å². The fourth-order valence-electron chi connectivity index (χ4n) is 2.47. The molecule has 0 aliphatic heterocycles. The van der Waals surface area contributed by atoms with Gasteiger partial charge in [0.15, 0.2) is 17.6 Å². The van der Waals surface area contributed by atoms with Crippen molar-refractivity contribution in [3.05, 3.63) is 66.0 Å². The van der Waals surface area contributed by atoms with E-state index < -0.39 is 12.1 Å². The number of para-hydroxylation sites is 2. The summed E-state index contributed by atoms with van der Waals surface area (Å²) in [5.74, 6) is 0.503. The molecule has 0 fully saturated rings. The number of benzene rings is 2. The average Bonchev–Trinajstić information content (AvgIpc) is 2.74. The number of ether oxygens (including phenoxy) is 3. The number of halogens is 1. The first kappa shape index (κ1) is 22.3. The first-order valence-corrected chi connectivity index (χ1v) is 9.86. The Morgan fingerprint density at radius 1 is 1.16 bits per heavy atom. The predicted octanol–water partition coefficient (Wildman–Crippen LogP) is 4.44. The van der Waals surface area contributed by atoms with Gasteiger partial charge in [-0.05, 0) is 44.2 Å². The molecule has 0 saturated carbocycles. The second-order valence-corrected chi connectivity index (χ2v) is 6.98. The Morgan fingerprint density at radius 2 is 1.94 bits per heavy atom. The first-order chi connectivity index (χ1) is 14.9. The molecule has 0 aliphatic rings. The van der Waals surface area contributed by atoms with E-state index in [-0.39, 0.29) is 19.1 Å². The number of nitrogens with one attached hydrogen (secondary N) is 1. The van der Waals surface area contributed by atoms with Gasteiger partial charge in [-0.25, -0.2) is 14.8 Å². The highest BCUT2D eigenvalue weighted by molar-refractivity contribution is 6.31.